The summed E-state index contributed by atoms with van der Waals surface area (Å²) in [6.45, 7) is 5.97. The van der Waals surface area contributed by atoms with Crippen LogP contribution in [0.4, 0.5) is 10.5 Å². The highest BCUT2D eigenvalue weighted by Crippen LogP contribution is 2.35. The molecule has 3 aliphatic rings. The van der Waals surface area contributed by atoms with Crippen molar-refractivity contribution in [2.24, 2.45) is 5.92 Å². The lowest BCUT2D eigenvalue weighted by atomic mass is 10.1. The van der Waals surface area contributed by atoms with Gasteiger partial charge < -0.3 is 28.9 Å². The lowest BCUT2D eigenvalue weighted by molar-refractivity contribution is -0.144. The van der Waals surface area contributed by atoms with Gasteiger partial charge in [-0.25, -0.2) is 4.79 Å². The first-order valence-corrected chi connectivity index (χ1v) is 13.7. The van der Waals surface area contributed by atoms with E-state index in [1.165, 1.54) is 25.5 Å². The smallest absolute Gasteiger partial charge is 0.320 e. The zero-order valence-corrected chi connectivity index (χ0v) is 22.9. The minimum atomic E-state index is -0.227. The summed E-state index contributed by atoms with van der Waals surface area (Å²) >= 11 is 0. The number of benzene rings is 2. The maximum atomic E-state index is 12.9. The van der Waals surface area contributed by atoms with E-state index in [2.05, 4.69) is 36.1 Å². The van der Waals surface area contributed by atoms with Gasteiger partial charge in [0, 0.05) is 51.0 Å². The average molecular weight is 524 g/mol. The Morgan fingerprint density at radius 2 is 1.53 bits per heavy atom. The third-order valence-corrected chi connectivity index (χ3v) is 7.59. The number of carbonyl (C=O) groups excluding carboxylic acids is 2. The number of hydrogen-bond acceptors (Lipinski definition) is 6. The number of anilines is 1. The Hall–Kier alpha value is -3.42. The van der Waals surface area contributed by atoms with E-state index in [4.69, 9.17) is 14.2 Å². The molecule has 2 aromatic rings. The summed E-state index contributed by atoms with van der Waals surface area (Å²) in [4.78, 5) is 30.6. The van der Waals surface area contributed by atoms with Crippen LogP contribution in [-0.4, -0.2) is 81.4 Å². The fourth-order valence-electron chi connectivity index (χ4n) is 5.32. The molecule has 2 aromatic carbocycles. The summed E-state index contributed by atoms with van der Waals surface area (Å²) in [5.74, 6) is 1.14. The maximum Gasteiger partial charge on any atom is 0.320 e. The van der Waals surface area contributed by atoms with Gasteiger partial charge in [0.05, 0.1) is 26.2 Å². The van der Waals surface area contributed by atoms with Crippen LogP contribution in [0.3, 0.4) is 0 Å². The number of nitrogens with zero attached hydrogens (tertiary/aromatic N) is 3. The van der Waals surface area contributed by atoms with E-state index in [0.717, 1.165) is 43.1 Å². The van der Waals surface area contributed by atoms with Crippen LogP contribution >= 0.6 is 0 Å². The standard InChI is InChI=1S/C23H33N3O5.C7H8/c1-29-20-8-7-18(15-21(20)31-19-5-3-4-6-19)24-11-13-25(14-12-24)23(28)26-10-9-17(16-26)22(27)30-2;1-7-5-3-2-4-6-7/h7-8,15,17,19H,3-6,9-14,16H2,1-2H3;2-6H,1H3. The second kappa shape index (κ2) is 13.4. The Bertz CT molecular complexity index is 1050. The summed E-state index contributed by atoms with van der Waals surface area (Å²) in [6.07, 6.45) is 5.59. The van der Waals surface area contributed by atoms with Gasteiger partial charge in [-0.2, -0.15) is 0 Å². The highest BCUT2D eigenvalue weighted by Gasteiger charge is 2.34. The minimum absolute atomic E-state index is 0.0195. The number of urea groups is 1. The molecule has 0 radical (unpaired) electrons. The van der Waals surface area contributed by atoms with Gasteiger partial charge in [0.1, 0.15) is 0 Å². The first-order valence-electron chi connectivity index (χ1n) is 13.7. The molecule has 0 N–H and O–H groups in total. The van der Waals surface area contributed by atoms with Gasteiger partial charge in [-0.15, -0.1) is 0 Å². The molecule has 2 amide bonds. The molecule has 8 nitrogen and oxygen atoms in total. The molecule has 2 aliphatic heterocycles. The van der Waals surface area contributed by atoms with E-state index >= 15 is 0 Å². The second-order valence-corrected chi connectivity index (χ2v) is 10.2. The Morgan fingerprint density at radius 3 is 2.13 bits per heavy atom. The number of ether oxygens (including phenoxy) is 3. The highest BCUT2D eigenvalue weighted by molar-refractivity contribution is 5.78. The van der Waals surface area contributed by atoms with E-state index in [1.54, 1.807) is 12.0 Å². The molecule has 1 aliphatic carbocycles. The van der Waals surface area contributed by atoms with E-state index in [1.807, 2.05) is 29.2 Å². The van der Waals surface area contributed by atoms with Crippen LogP contribution in [-0.2, 0) is 9.53 Å². The lowest BCUT2D eigenvalue weighted by Crippen LogP contribution is -2.52. The predicted octanol–water partition coefficient (Wildman–Crippen LogP) is 4.75. The van der Waals surface area contributed by atoms with Crippen LogP contribution in [0.1, 0.15) is 37.7 Å². The normalized spacial score (nSPS) is 19.6. The van der Waals surface area contributed by atoms with Gasteiger partial charge in [0.2, 0.25) is 0 Å². The van der Waals surface area contributed by atoms with Crippen molar-refractivity contribution in [1.82, 2.24) is 9.80 Å². The van der Waals surface area contributed by atoms with Gasteiger partial charge in [-0.05, 0) is 51.2 Å². The number of amides is 2. The monoisotopic (exact) mass is 523 g/mol. The minimum Gasteiger partial charge on any atom is -0.493 e. The van der Waals surface area contributed by atoms with Crippen molar-refractivity contribution in [2.45, 2.75) is 45.1 Å². The third kappa shape index (κ3) is 7.11. The number of esters is 1. The first kappa shape index (κ1) is 27.6. The van der Waals surface area contributed by atoms with E-state index in [9.17, 15) is 9.59 Å². The van der Waals surface area contributed by atoms with Crippen molar-refractivity contribution in [2.75, 3.05) is 58.4 Å². The molecule has 8 heteroatoms. The lowest BCUT2D eigenvalue weighted by Gasteiger charge is -2.38. The quantitative estimate of drug-likeness (QED) is 0.527. The molecule has 0 spiro atoms. The van der Waals surface area contributed by atoms with Crippen LogP contribution in [0, 0.1) is 12.8 Å². The molecule has 1 saturated carbocycles. The van der Waals surface area contributed by atoms with Crippen LogP contribution in [0.5, 0.6) is 11.5 Å². The van der Waals surface area contributed by atoms with Crippen LogP contribution in [0.25, 0.3) is 0 Å². The molecule has 1 atom stereocenters. The summed E-state index contributed by atoms with van der Waals surface area (Å²) in [5.41, 5.74) is 2.41. The molecule has 1 unspecified atom stereocenters. The Labute approximate surface area is 226 Å². The molecule has 0 bridgehead atoms. The number of likely N-dealkylation sites (tertiary alicyclic amines) is 1. The van der Waals surface area contributed by atoms with Gasteiger partial charge in [-0.1, -0.05) is 35.9 Å². The Balaban J connectivity index is 0.000000417. The summed E-state index contributed by atoms with van der Waals surface area (Å²) in [6, 6.07) is 16.4. The number of rotatable bonds is 5. The number of aryl methyl sites for hydroxylation is 1. The van der Waals surface area contributed by atoms with Gasteiger partial charge >= 0.3 is 12.0 Å². The van der Waals surface area contributed by atoms with Crippen molar-refractivity contribution in [3.8, 4) is 11.5 Å². The molecule has 2 saturated heterocycles. The SMILES string of the molecule is COC(=O)C1CCN(C(=O)N2CCN(c3ccc(OC)c(OC4CCCC4)c3)CC2)C1.Cc1ccccc1. The number of carbonyl (C=O) groups is 2. The largest absolute Gasteiger partial charge is 0.493 e. The van der Waals surface area contributed by atoms with Gasteiger partial charge in [0.15, 0.2) is 11.5 Å². The maximum absolute atomic E-state index is 12.9. The summed E-state index contributed by atoms with van der Waals surface area (Å²) in [7, 11) is 3.07. The van der Waals surface area contributed by atoms with Crippen molar-refractivity contribution in [3.05, 3.63) is 54.1 Å². The topological polar surface area (TPSA) is 71.6 Å². The highest BCUT2D eigenvalue weighted by atomic mass is 16.5. The zero-order chi connectivity index (χ0) is 26.9. The second-order valence-electron chi connectivity index (χ2n) is 10.2. The van der Waals surface area contributed by atoms with Crippen molar-refractivity contribution < 1.29 is 23.8 Å². The molecule has 38 heavy (non-hydrogen) atoms. The zero-order valence-electron chi connectivity index (χ0n) is 22.9. The van der Waals surface area contributed by atoms with E-state index < -0.39 is 0 Å². The number of piperazine rings is 1. The summed E-state index contributed by atoms with van der Waals surface area (Å²) < 4.78 is 16.6. The molecule has 2 heterocycles. The van der Waals surface area contributed by atoms with Crippen molar-refractivity contribution in [3.63, 3.8) is 0 Å². The Morgan fingerprint density at radius 1 is 0.816 bits per heavy atom. The Kier molecular flexibility index (Phi) is 9.73. The predicted molar refractivity (Wildman–Crippen MR) is 148 cm³/mol. The fraction of sp³-hybridized carbons (Fsp3) is 0.533. The van der Waals surface area contributed by atoms with Crippen molar-refractivity contribution >= 4 is 17.7 Å². The molecule has 5 rings (SSSR count). The van der Waals surface area contributed by atoms with E-state index in [0.29, 0.717) is 32.6 Å². The molecule has 206 valence electrons. The molecule has 0 aromatic heterocycles. The molecule has 3 fully saturated rings. The third-order valence-electron chi connectivity index (χ3n) is 7.59. The number of hydrogen-bond donors (Lipinski definition) is 0. The average Bonchev–Trinajstić information content (AvgIpc) is 3.66. The first-order chi connectivity index (χ1) is 18.5. The van der Waals surface area contributed by atoms with Crippen LogP contribution in [0.2, 0.25) is 0 Å². The summed E-state index contributed by atoms with van der Waals surface area (Å²) in [5, 5.41) is 0. The van der Waals surface area contributed by atoms with Gasteiger partial charge in [-0.3, -0.25) is 4.79 Å². The van der Waals surface area contributed by atoms with Crippen LogP contribution < -0.4 is 14.4 Å². The van der Waals surface area contributed by atoms with Crippen LogP contribution in [0.15, 0.2) is 48.5 Å². The molecular weight excluding hydrogens is 482 g/mol. The molecular formula is C30H41N3O5. The van der Waals surface area contributed by atoms with Gasteiger partial charge in [0.25, 0.3) is 0 Å². The fourth-order valence-corrected chi connectivity index (χ4v) is 5.32. The number of methoxy groups -OCH3 is 2. The van der Waals surface area contributed by atoms with E-state index in [-0.39, 0.29) is 24.0 Å². The van der Waals surface area contributed by atoms with Crippen molar-refractivity contribution in [1.29, 1.82) is 0 Å².